The maximum Gasteiger partial charge on any atom is 0.128 e. The van der Waals surface area contributed by atoms with Crippen LogP contribution in [0.25, 0.3) is 0 Å². The highest BCUT2D eigenvalue weighted by Gasteiger charge is 2.28. The molecule has 0 bridgehead atoms. The van der Waals surface area contributed by atoms with Crippen LogP contribution in [0.15, 0.2) is 18.2 Å². The Morgan fingerprint density at radius 2 is 2.06 bits per heavy atom. The summed E-state index contributed by atoms with van der Waals surface area (Å²) in [4.78, 5) is 7.07. The topological polar surface area (TPSA) is 28.2 Å². The van der Waals surface area contributed by atoms with Gasteiger partial charge in [-0.1, -0.05) is 6.07 Å². The summed E-state index contributed by atoms with van der Waals surface area (Å²) in [5, 5.41) is 3.66. The molecule has 3 heteroatoms. The molecule has 2 aliphatic heterocycles. The monoisotopic (exact) mass is 245 g/mol. The maximum atomic E-state index is 4.63. The van der Waals surface area contributed by atoms with Crippen LogP contribution in [-0.2, 0) is 0 Å². The Morgan fingerprint density at radius 1 is 1.22 bits per heavy atom. The summed E-state index contributed by atoms with van der Waals surface area (Å²) in [6, 6.07) is 7.11. The molecule has 0 amide bonds. The third-order valence-corrected chi connectivity index (χ3v) is 4.40. The molecule has 0 saturated carbocycles. The number of aromatic nitrogens is 1. The molecule has 0 aromatic carbocycles. The highest BCUT2D eigenvalue weighted by Crippen LogP contribution is 2.27. The molecular formula is C15H23N3. The van der Waals surface area contributed by atoms with Crippen LogP contribution in [-0.4, -0.2) is 30.7 Å². The lowest BCUT2D eigenvalue weighted by Crippen LogP contribution is -2.41. The third kappa shape index (κ3) is 2.51. The number of nitrogens with zero attached hydrogens (tertiary/aromatic N) is 2. The van der Waals surface area contributed by atoms with Crippen LogP contribution in [0.5, 0.6) is 0 Å². The van der Waals surface area contributed by atoms with Gasteiger partial charge in [0, 0.05) is 24.8 Å². The highest BCUT2D eigenvalue weighted by atomic mass is 15.2. The molecule has 1 aromatic heterocycles. The third-order valence-electron chi connectivity index (χ3n) is 4.40. The summed E-state index contributed by atoms with van der Waals surface area (Å²) >= 11 is 0. The van der Waals surface area contributed by atoms with Crippen LogP contribution in [0.3, 0.4) is 0 Å². The number of anilines is 1. The molecule has 0 spiro atoms. The average Bonchev–Trinajstić information content (AvgIpc) is 2.93. The van der Waals surface area contributed by atoms with Gasteiger partial charge in [-0.2, -0.15) is 0 Å². The van der Waals surface area contributed by atoms with Crippen molar-refractivity contribution in [3.05, 3.63) is 23.9 Å². The summed E-state index contributed by atoms with van der Waals surface area (Å²) in [5.41, 5.74) is 1.12. The van der Waals surface area contributed by atoms with Gasteiger partial charge in [-0.3, -0.25) is 0 Å². The Hall–Kier alpha value is -1.09. The Morgan fingerprint density at radius 3 is 2.72 bits per heavy atom. The molecule has 2 aliphatic rings. The van der Waals surface area contributed by atoms with Crippen LogP contribution in [0.4, 0.5) is 5.82 Å². The van der Waals surface area contributed by atoms with Gasteiger partial charge in [0.05, 0.1) is 0 Å². The number of aryl methyl sites for hydroxylation is 1. The molecule has 1 N–H and O–H groups in total. The van der Waals surface area contributed by atoms with Crippen LogP contribution >= 0.6 is 0 Å². The lowest BCUT2D eigenvalue weighted by atomic mass is 9.88. The van der Waals surface area contributed by atoms with Gasteiger partial charge in [0.15, 0.2) is 0 Å². The van der Waals surface area contributed by atoms with E-state index in [9.17, 15) is 0 Å². The Balaban J connectivity index is 1.59. The van der Waals surface area contributed by atoms with E-state index in [2.05, 4.69) is 40.3 Å². The van der Waals surface area contributed by atoms with E-state index in [1.807, 2.05) is 0 Å². The molecule has 3 nitrogen and oxygen atoms in total. The molecule has 3 heterocycles. The summed E-state index contributed by atoms with van der Waals surface area (Å²) < 4.78 is 0. The van der Waals surface area contributed by atoms with E-state index in [0.29, 0.717) is 0 Å². The van der Waals surface area contributed by atoms with Crippen LogP contribution in [0, 0.1) is 12.8 Å². The largest absolute Gasteiger partial charge is 0.357 e. The molecule has 2 saturated heterocycles. The summed E-state index contributed by atoms with van der Waals surface area (Å²) in [6.45, 7) is 5.63. The fourth-order valence-corrected chi connectivity index (χ4v) is 3.35. The number of hydrogen-bond acceptors (Lipinski definition) is 3. The molecule has 3 rings (SSSR count). The minimum Gasteiger partial charge on any atom is -0.357 e. The van der Waals surface area contributed by atoms with Crippen molar-refractivity contribution in [1.29, 1.82) is 0 Å². The first kappa shape index (κ1) is 12.0. The van der Waals surface area contributed by atoms with Gasteiger partial charge in [-0.15, -0.1) is 0 Å². The normalized spacial score (nSPS) is 25.6. The second-order valence-electron chi connectivity index (χ2n) is 5.66. The van der Waals surface area contributed by atoms with Gasteiger partial charge in [0.2, 0.25) is 0 Å². The number of nitrogens with one attached hydrogen (secondary N) is 1. The molecule has 1 aromatic rings. The van der Waals surface area contributed by atoms with E-state index in [0.717, 1.165) is 23.5 Å². The maximum absolute atomic E-state index is 4.63. The van der Waals surface area contributed by atoms with Crippen molar-refractivity contribution in [2.45, 2.75) is 38.6 Å². The predicted molar refractivity (Wildman–Crippen MR) is 74.9 cm³/mol. The van der Waals surface area contributed by atoms with E-state index < -0.39 is 0 Å². The van der Waals surface area contributed by atoms with E-state index in [1.54, 1.807) is 0 Å². The predicted octanol–water partition coefficient (Wildman–Crippen LogP) is 2.36. The standard InChI is InChI=1S/C15H23N3/c1-12-4-2-6-15(17-12)18-10-7-13(8-11-18)14-5-3-9-16-14/h2,4,6,13-14,16H,3,5,7-11H2,1H3. The number of hydrogen-bond donors (Lipinski definition) is 1. The fraction of sp³-hybridized carbons (Fsp3) is 0.667. The van der Waals surface area contributed by atoms with E-state index in [-0.39, 0.29) is 0 Å². The van der Waals surface area contributed by atoms with E-state index >= 15 is 0 Å². The van der Waals surface area contributed by atoms with Crippen molar-refractivity contribution in [3.8, 4) is 0 Å². The van der Waals surface area contributed by atoms with Crippen LogP contribution < -0.4 is 10.2 Å². The molecular weight excluding hydrogens is 222 g/mol. The summed E-state index contributed by atoms with van der Waals surface area (Å²) in [6.07, 6.45) is 5.37. The molecule has 98 valence electrons. The Labute approximate surface area is 110 Å². The van der Waals surface area contributed by atoms with Gasteiger partial charge >= 0.3 is 0 Å². The minimum absolute atomic E-state index is 0.789. The molecule has 1 atom stereocenters. The molecule has 0 radical (unpaired) electrons. The quantitative estimate of drug-likeness (QED) is 0.867. The SMILES string of the molecule is Cc1cccc(N2CCC(C3CCCN3)CC2)n1. The molecule has 1 unspecified atom stereocenters. The first-order valence-electron chi connectivity index (χ1n) is 7.25. The molecule has 0 aliphatic carbocycles. The van der Waals surface area contributed by atoms with E-state index in [4.69, 9.17) is 0 Å². The second kappa shape index (κ2) is 5.27. The zero-order valence-corrected chi connectivity index (χ0v) is 11.2. The first-order valence-corrected chi connectivity index (χ1v) is 7.25. The van der Waals surface area contributed by atoms with Gasteiger partial charge in [0.25, 0.3) is 0 Å². The molecule has 2 fully saturated rings. The number of rotatable bonds is 2. The van der Waals surface area contributed by atoms with E-state index in [1.165, 1.54) is 45.3 Å². The number of pyridine rings is 1. The van der Waals surface area contributed by atoms with Crippen molar-refractivity contribution in [2.24, 2.45) is 5.92 Å². The fourth-order valence-electron chi connectivity index (χ4n) is 3.35. The van der Waals surface area contributed by atoms with Crippen LogP contribution in [0.2, 0.25) is 0 Å². The Kier molecular flexibility index (Phi) is 3.50. The van der Waals surface area contributed by atoms with Gasteiger partial charge in [-0.05, 0) is 57.2 Å². The highest BCUT2D eigenvalue weighted by molar-refractivity contribution is 5.39. The lowest BCUT2D eigenvalue weighted by molar-refractivity contribution is 0.318. The summed E-state index contributed by atoms with van der Waals surface area (Å²) in [7, 11) is 0. The zero-order chi connectivity index (χ0) is 12.4. The smallest absolute Gasteiger partial charge is 0.128 e. The Bertz CT molecular complexity index is 390. The first-order chi connectivity index (χ1) is 8.83. The zero-order valence-electron chi connectivity index (χ0n) is 11.2. The van der Waals surface area contributed by atoms with Gasteiger partial charge in [0.1, 0.15) is 5.82 Å². The minimum atomic E-state index is 0.789. The van der Waals surface area contributed by atoms with Gasteiger partial charge in [-0.25, -0.2) is 4.98 Å². The van der Waals surface area contributed by atoms with Gasteiger partial charge < -0.3 is 10.2 Å². The lowest BCUT2D eigenvalue weighted by Gasteiger charge is -2.35. The van der Waals surface area contributed by atoms with Crippen molar-refractivity contribution >= 4 is 5.82 Å². The van der Waals surface area contributed by atoms with Crippen molar-refractivity contribution < 1.29 is 0 Å². The van der Waals surface area contributed by atoms with Crippen molar-refractivity contribution in [3.63, 3.8) is 0 Å². The second-order valence-corrected chi connectivity index (χ2v) is 5.66. The van der Waals surface area contributed by atoms with Crippen molar-refractivity contribution in [2.75, 3.05) is 24.5 Å². The van der Waals surface area contributed by atoms with Crippen molar-refractivity contribution in [1.82, 2.24) is 10.3 Å². The van der Waals surface area contributed by atoms with Crippen LogP contribution in [0.1, 0.15) is 31.4 Å². The average molecular weight is 245 g/mol. The summed E-state index contributed by atoms with van der Waals surface area (Å²) in [5.74, 6) is 2.04. The number of piperidine rings is 1. The molecule has 18 heavy (non-hydrogen) atoms.